The molecule has 0 aromatic carbocycles. The molecular formula is C10H12N2O. The molecule has 0 aliphatic heterocycles. The Balaban J connectivity index is 3.33. The fraction of sp³-hybridized carbons (Fsp3) is 0.400. The zero-order valence-electron chi connectivity index (χ0n) is 8.03. The van der Waals surface area contributed by atoms with Crippen LogP contribution in [0.5, 0.6) is 0 Å². The van der Waals surface area contributed by atoms with Crippen LogP contribution in [0.2, 0.25) is 0 Å². The SMILES string of the molecule is Cc1ccnc(C(C)C)c1N=C=O. The molecule has 0 atom stereocenters. The summed E-state index contributed by atoms with van der Waals surface area (Å²) in [6.07, 6.45) is 3.29. The second-order valence-corrected chi connectivity index (χ2v) is 3.22. The number of pyridine rings is 1. The normalized spacial score (nSPS) is 9.85. The van der Waals surface area contributed by atoms with Crippen molar-refractivity contribution < 1.29 is 4.79 Å². The van der Waals surface area contributed by atoms with Gasteiger partial charge in [-0.05, 0) is 24.5 Å². The van der Waals surface area contributed by atoms with Gasteiger partial charge in [-0.15, -0.1) is 0 Å². The van der Waals surface area contributed by atoms with Crippen LogP contribution < -0.4 is 0 Å². The number of hydrogen-bond donors (Lipinski definition) is 0. The molecule has 0 saturated carbocycles. The topological polar surface area (TPSA) is 42.3 Å². The Hall–Kier alpha value is -1.47. The van der Waals surface area contributed by atoms with E-state index in [1.807, 2.05) is 26.8 Å². The van der Waals surface area contributed by atoms with Crippen molar-refractivity contribution in [1.29, 1.82) is 0 Å². The highest BCUT2D eigenvalue weighted by molar-refractivity contribution is 5.56. The Morgan fingerprint density at radius 2 is 2.23 bits per heavy atom. The molecule has 0 aliphatic rings. The third-order valence-corrected chi connectivity index (χ3v) is 1.86. The van der Waals surface area contributed by atoms with Gasteiger partial charge in [0.1, 0.15) is 5.69 Å². The van der Waals surface area contributed by atoms with Gasteiger partial charge in [0.15, 0.2) is 0 Å². The van der Waals surface area contributed by atoms with Crippen molar-refractivity contribution in [2.75, 3.05) is 0 Å². The number of aryl methyl sites for hydroxylation is 1. The maximum absolute atomic E-state index is 10.2. The monoisotopic (exact) mass is 176 g/mol. The van der Waals surface area contributed by atoms with Crippen LogP contribution >= 0.6 is 0 Å². The van der Waals surface area contributed by atoms with E-state index in [2.05, 4.69) is 9.98 Å². The van der Waals surface area contributed by atoms with Crippen molar-refractivity contribution in [3.8, 4) is 0 Å². The van der Waals surface area contributed by atoms with Crippen LogP contribution in [0.15, 0.2) is 17.3 Å². The van der Waals surface area contributed by atoms with Crippen LogP contribution in [0.1, 0.15) is 31.0 Å². The Bertz CT molecular complexity index is 352. The van der Waals surface area contributed by atoms with Crippen molar-refractivity contribution in [1.82, 2.24) is 4.98 Å². The molecule has 0 bridgehead atoms. The average molecular weight is 176 g/mol. The van der Waals surface area contributed by atoms with Crippen LogP contribution in [0.4, 0.5) is 5.69 Å². The summed E-state index contributed by atoms with van der Waals surface area (Å²) in [6, 6.07) is 1.84. The summed E-state index contributed by atoms with van der Waals surface area (Å²) in [5, 5.41) is 0. The minimum atomic E-state index is 0.270. The van der Waals surface area contributed by atoms with Crippen LogP contribution in [0.25, 0.3) is 0 Å². The summed E-state index contributed by atoms with van der Waals surface area (Å²) < 4.78 is 0. The first-order valence-corrected chi connectivity index (χ1v) is 4.20. The van der Waals surface area contributed by atoms with Crippen LogP contribution in [-0.2, 0) is 4.79 Å². The van der Waals surface area contributed by atoms with Gasteiger partial charge in [0.2, 0.25) is 6.08 Å². The number of rotatable bonds is 2. The van der Waals surface area contributed by atoms with Crippen LogP contribution in [0, 0.1) is 6.92 Å². The molecule has 0 N–H and O–H groups in total. The Morgan fingerprint density at radius 1 is 1.54 bits per heavy atom. The second kappa shape index (κ2) is 3.97. The highest BCUT2D eigenvalue weighted by Crippen LogP contribution is 2.27. The third kappa shape index (κ3) is 2.01. The molecule has 0 amide bonds. The summed E-state index contributed by atoms with van der Waals surface area (Å²) in [5.74, 6) is 0.270. The fourth-order valence-electron chi connectivity index (χ4n) is 1.19. The summed E-state index contributed by atoms with van der Waals surface area (Å²) in [7, 11) is 0. The molecule has 1 aromatic heterocycles. The highest BCUT2D eigenvalue weighted by Gasteiger charge is 2.09. The van der Waals surface area contributed by atoms with Crippen molar-refractivity contribution >= 4 is 11.8 Å². The number of isocyanates is 1. The Labute approximate surface area is 77.5 Å². The lowest BCUT2D eigenvalue weighted by atomic mass is 10.1. The molecule has 0 aliphatic carbocycles. The van der Waals surface area contributed by atoms with Crippen LogP contribution in [0.3, 0.4) is 0 Å². The van der Waals surface area contributed by atoms with Gasteiger partial charge < -0.3 is 0 Å². The van der Waals surface area contributed by atoms with E-state index >= 15 is 0 Å². The molecule has 0 unspecified atom stereocenters. The van der Waals surface area contributed by atoms with Crippen molar-refractivity contribution in [2.45, 2.75) is 26.7 Å². The lowest BCUT2D eigenvalue weighted by molar-refractivity contribution is 0.565. The van der Waals surface area contributed by atoms with E-state index in [1.54, 1.807) is 12.3 Å². The van der Waals surface area contributed by atoms with E-state index in [9.17, 15) is 4.79 Å². The Morgan fingerprint density at radius 3 is 2.77 bits per heavy atom. The molecule has 0 fully saturated rings. The average Bonchev–Trinajstić information content (AvgIpc) is 2.08. The lowest BCUT2D eigenvalue weighted by Crippen LogP contribution is -1.94. The first kappa shape index (κ1) is 9.62. The predicted molar refractivity (Wildman–Crippen MR) is 50.8 cm³/mol. The minimum Gasteiger partial charge on any atom is -0.259 e. The van der Waals surface area contributed by atoms with Crippen molar-refractivity contribution in [2.24, 2.45) is 4.99 Å². The van der Waals surface area contributed by atoms with Gasteiger partial charge in [-0.1, -0.05) is 13.8 Å². The fourth-order valence-corrected chi connectivity index (χ4v) is 1.19. The molecule has 1 aromatic rings. The number of hydrogen-bond acceptors (Lipinski definition) is 3. The van der Waals surface area contributed by atoms with Gasteiger partial charge >= 0.3 is 0 Å². The quantitative estimate of drug-likeness (QED) is 0.513. The summed E-state index contributed by atoms with van der Waals surface area (Å²) >= 11 is 0. The molecule has 0 radical (unpaired) electrons. The maximum Gasteiger partial charge on any atom is 0.240 e. The zero-order valence-corrected chi connectivity index (χ0v) is 8.03. The second-order valence-electron chi connectivity index (χ2n) is 3.22. The lowest BCUT2D eigenvalue weighted by Gasteiger charge is -2.08. The predicted octanol–water partition coefficient (Wildman–Crippen LogP) is 2.48. The molecule has 68 valence electrons. The number of carbonyl (C=O) groups excluding carboxylic acids is 1. The first-order chi connectivity index (χ1) is 6.16. The van der Waals surface area contributed by atoms with Crippen molar-refractivity contribution in [3.05, 3.63) is 23.5 Å². The smallest absolute Gasteiger partial charge is 0.240 e. The van der Waals surface area contributed by atoms with Gasteiger partial charge in [0, 0.05) is 6.20 Å². The molecule has 3 nitrogen and oxygen atoms in total. The maximum atomic E-state index is 10.2. The van der Waals surface area contributed by atoms with Gasteiger partial charge in [0.05, 0.1) is 5.69 Å². The number of nitrogens with zero attached hydrogens (tertiary/aromatic N) is 2. The van der Waals surface area contributed by atoms with E-state index in [-0.39, 0.29) is 5.92 Å². The van der Waals surface area contributed by atoms with Crippen molar-refractivity contribution in [3.63, 3.8) is 0 Å². The molecule has 1 heterocycles. The molecular weight excluding hydrogens is 164 g/mol. The van der Waals surface area contributed by atoms with E-state index in [0.29, 0.717) is 5.69 Å². The van der Waals surface area contributed by atoms with E-state index in [4.69, 9.17) is 0 Å². The van der Waals surface area contributed by atoms with Gasteiger partial charge in [0.25, 0.3) is 0 Å². The molecule has 1 rings (SSSR count). The minimum absolute atomic E-state index is 0.270. The largest absolute Gasteiger partial charge is 0.259 e. The molecule has 13 heavy (non-hydrogen) atoms. The molecule has 3 heteroatoms. The first-order valence-electron chi connectivity index (χ1n) is 4.20. The van der Waals surface area contributed by atoms with Gasteiger partial charge in [-0.25, -0.2) is 4.79 Å². The standard InChI is InChI=1S/C10H12N2O/c1-7(2)9-10(12-6-13)8(3)4-5-11-9/h4-5,7H,1-3H3. The Kier molecular flexibility index (Phi) is 2.93. The molecule has 0 spiro atoms. The van der Waals surface area contributed by atoms with Gasteiger partial charge in [-0.2, -0.15) is 4.99 Å². The highest BCUT2D eigenvalue weighted by atomic mass is 16.1. The molecule has 0 saturated heterocycles. The zero-order chi connectivity index (χ0) is 9.84. The van der Waals surface area contributed by atoms with E-state index < -0.39 is 0 Å². The van der Waals surface area contributed by atoms with Crippen LogP contribution in [-0.4, -0.2) is 11.1 Å². The summed E-state index contributed by atoms with van der Waals surface area (Å²) in [6.45, 7) is 5.95. The summed E-state index contributed by atoms with van der Waals surface area (Å²) in [5.41, 5.74) is 2.47. The number of aromatic nitrogens is 1. The van der Waals surface area contributed by atoms with E-state index in [0.717, 1.165) is 11.3 Å². The van der Waals surface area contributed by atoms with Gasteiger partial charge in [-0.3, -0.25) is 4.98 Å². The van der Waals surface area contributed by atoms with E-state index in [1.165, 1.54) is 0 Å². The number of aliphatic imine (C=N–C) groups is 1. The summed E-state index contributed by atoms with van der Waals surface area (Å²) in [4.78, 5) is 18.0. The third-order valence-electron chi connectivity index (χ3n) is 1.86.